The molecule has 0 bridgehead atoms. The van der Waals surface area contributed by atoms with Gasteiger partial charge in [-0.05, 0) is 73.4 Å². The minimum atomic E-state index is -0.179. The van der Waals surface area contributed by atoms with Gasteiger partial charge in [-0.2, -0.15) is 0 Å². The first-order valence-electron chi connectivity index (χ1n) is 12.8. The average molecular weight is 488 g/mol. The molecule has 0 aromatic heterocycles. The molecule has 2 aliphatic rings. The molecule has 0 spiro atoms. The van der Waals surface area contributed by atoms with Crippen molar-refractivity contribution in [3.63, 3.8) is 0 Å². The summed E-state index contributed by atoms with van der Waals surface area (Å²) in [6.07, 6.45) is 2.26. The molecule has 5 nitrogen and oxygen atoms in total. The van der Waals surface area contributed by atoms with Gasteiger partial charge in [0.25, 0.3) is 11.8 Å². The molecule has 184 valence electrons. The zero-order chi connectivity index (χ0) is 25.4. The molecule has 1 saturated heterocycles. The van der Waals surface area contributed by atoms with Crippen LogP contribution in [-0.4, -0.2) is 30.9 Å². The monoisotopic (exact) mass is 487 g/mol. The van der Waals surface area contributed by atoms with Crippen LogP contribution in [0.3, 0.4) is 0 Å². The maximum absolute atomic E-state index is 13.6. The van der Waals surface area contributed by atoms with Gasteiger partial charge in [-0.15, -0.1) is 0 Å². The van der Waals surface area contributed by atoms with Gasteiger partial charge >= 0.3 is 0 Å². The summed E-state index contributed by atoms with van der Waals surface area (Å²) in [7, 11) is 0. The molecule has 5 heteroatoms. The van der Waals surface area contributed by atoms with Crippen molar-refractivity contribution in [3.8, 4) is 11.1 Å². The Hall–Kier alpha value is -4.38. The molecule has 1 fully saturated rings. The van der Waals surface area contributed by atoms with Gasteiger partial charge in [0.05, 0.1) is 11.4 Å². The number of hydrogen-bond donors (Lipinski definition) is 1. The van der Waals surface area contributed by atoms with Crippen molar-refractivity contribution in [2.24, 2.45) is 0 Å². The average Bonchev–Trinajstić information content (AvgIpc) is 3.42. The molecule has 1 N–H and O–H groups in total. The second kappa shape index (κ2) is 9.58. The number of para-hydroxylation sites is 2. The normalized spacial score (nSPS) is 16.2. The summed E-state index contributed by atoms with van der Waals surface area (Å²) in [6, 6.07) is 31.5. The third kappa shape index (κ3) is 4.38. The predicted octanol–water partition coefficient (Wildman–Crippen LogP) is 6.54. The van der Waals surface area contributed by atoms with Gasteiger partial charge in [0.1, 0.15) is 0 Å². The molecule has 4 aromatic rings. The van der Waals surface area contributed by atoms with Crippen LogP contribution in [0.1, 0.15) is 39.1 Å². The summed E-state index contributed by atoms with van der Waals surface area (Å²) >= 11 is 0. The topological polar surface area (TPSA) is 52.7 Å². The summed E-state index contributed by atoms with van der Waals surface area (Å²) in [6.45, 7) is 3.79. The van der Waals surface area contributed by atoms with E-state index in [1.807, 2.05) is 78.6 Å². The molecule has 1 atom stereocenters. The Balaban J connectivity index is 1.21. The number of anilines is 3. The van der Waals surface area contributed by atoms with E-state index in [-0.39, 0.29) is 11.8 Å². The van der Waals surface area contributed by atoms with E-state index in [4.69, 9.17) is 0 Å². The summed E-state index contributed by atoms with van der Waals surface area (Å²) in [4.78, 5) is 31.1. The second-order valence-electron chi connectivity index (χ2n) is 9.84. The van der Waals surface area contributed by atoms with Crippen molar-refractivity contribution in [1.82, 2.24) is 0 Å². The number of amides is 2. The highest BCUT2D eigenvalue weighted by Crippen LogP contribution is 2.39. The lowest BCUT2D eigenvalue weighted by molar-refractivity contribution is 0.0983. The van der Waals surface area contributed by atoms with Crippen LogP contribution in [0.4, 0.5) is 17.1 Å². The summed E-state index contributed by atoms with van der Waals surface area (Å²) in [5, 5.41) is 3.00. The lowest BCUT2D eigenvalue weighted by atomic mass is 9.98. The van der Waals surface area contributed by atoms with Crippen LogP contribution >= 0.6 is 0 Å². The SMILES string of the molecule is Cc1ccc(-c2ccccc2C(=O)Nc2ccc(C(=O)N3CC4CCCN4c4ccccc43)cc2)cc1. The Kier molecular flexibility index (Phi) is 5.97. The number of hydrogen-bond acceptors (Lipinski definition) is 3. The zero-order valence-electron chi connectivity index (χ0n) is 20.9. The number of benzene rings is 4. The van der Waals surface area contributed by atoms with E-state index in [1.165, 1.54) is 5.56 Å². The number of aryl methyl sites for hydroxylation is 1. The van der Waals surface area contributed by atoms with Crippen LogP contribution in [0.5, 0.6) is 0 Å². The van der Waals surface area contributed by atoms with Crippen molar-refractivity contribution in [3.05, 3.63) is 114 Å². The lowest BCUT2D eigenvalue weighted by Gasteiger charge is -2.40. The summed E-state index contributed by atoms with van der Waals surface area (Å²) in [5.41, 5.74) is 7.04. The zero-order valence-corrected chi connectivity index (χ0v) is 20.9. The quantitative estimate of drug-likeness (QED) is 0.355. The molecule has 6 rings (SSSR count). The number of nitrogens with one attached hydrogen (secondary N) is 1. The summed E-state index contributed by atoms with van der Waals surface area (Å²) in [5.74, 6) is -0.192. The van der Waals surface area contributed by atoms with Crippen LogP contribution in [0.2, 0.25) is 0 Å². The maximum Gasteiger partial charge on any atom is 0.258 e. The molecule has 0 saturated carbocycles. The first-order chi connectivity index (χ1) is 18.1. The number of carbonyl (C=O) groups excluding carboxylic acids is 2. The molecule has 1 unspecified atom stereocenters. The van der Waals surface area contributed by atoms with Gasteiger partial charge in [0, 0.05) is 35.9 Å². The van der Waals surface area contributed by atoms with E-state index in [1.54, 1.807) is 24.3 Å². The fraction of sp³-hybridized carbons (Fsp3) is 0.188. The molecule has 37 heavy (non-hydrogen) atoms. The number of fused-ring (bicyclic) bond motifs is 3. The minimum Gasteiger partial charge on any atom is -0.365 e. The standard InChI is InChI=1S/C32H29N3O2/c1-22-12-14-23(15-13-22)27-8-2-3-9-28(27)31(36)33-25-18-16-24(17-19-25)32(37)35-21-26-7-6-20-34(26)29-10-4-5-11-30(29)35/h2-5,8-19,26H,6-7,20-21H2,1H3,(H,33,36). The van der Waals surface area contributed by atoms with Gasteiger partial charge in [-0.1, -0.05) is 60.2 Å². The van der Waals surface area contributed by atoms with Crippen molar-refractivity contribution in [2.75, 3.05) is 28.2 Å². The van der Waals surface area contributed by atoms with Crippen LogP contribution in [0.25, 0.3) is 11.1 Å². The number of carbonyl (C=O) groups is 2. The Morgan fingerprint density at radius 1 is 0.811 bits per heavy atom. The van der Waals surface area contributed by atoms with Gasteiger partial charge < -0.3 is 15.1 Å². The molecular weight excluding hydrogens is 458 g/mol. The highest BCUT2D eigenvalue weighted by molar-refractivity contribution is 6.10. The van der Waals surface area contributed by atoms with Crippen molar-refractivity contribution < 1.29 is 9.59 Å². The molecule has 4 aromatic carbocycles. The maximum atomic E-state index is 13.6. The van der Waals surface area contributed by atoms with E-state index < -0.39 is 0 Å². The lowest BCUT2D eigenvalue weighted by Crippen LogP contribution is -2.48. The van der Waals surface area contributed by atoms with E-state index in [0.717, 1.165) is 41.9 Å². The van der Waals surface area contributed by atoms with Crippen LogP contribution in [0, 0.1) is 6.92 Å². The third-order valence-electron chi connectivity index (χ3n) is 7.42. The Morgan fingerprint density at radius 3 is 2.30 bits per heavy atom. The second-order valence-corrected chi connectivity index (χ2v) is 9.84. The third-order valence-corrected chi connectivity index (χ3v) is 7.42. The first kappa shape index (κ1) is 23.0. The van der Waals surface area contributed by atoms with E-state index in [9.17, 15) is 9.59 Å². The first-order valence-corrected chi connectivity index (χ1v) is 12.8. The van der Waals surface area contributed by atoms with Crippen molar-refractivity contribution >= 4 is 28.9 Å². The molecule has 0 aliphatic carbocycles. The van der Waals surface area contributed by atoms with Gasteiger partial charge in [-0.25, -0.2) is 0 Å². The highest BCUT2D eigenvalue weighted by Gasteiger charge is 2.36. The van der Waals surface area contributed by atoms with Crippen molar-refractivity contribution in [1.29, 1.82) is 0 Å². The van der Waals surface area contributed by atoms with E-state index in [0.29, 0.717) is 29.4 Å². The van der Waals surface area contributed by atoms with Crippen LogP contribution < -0.4 is 15.1 Å². The van der Waals surface area contributed by atoms with Gasteiger partial charge in [0.15, 0.2) is 0 Å². The number of rotatable bonds is 4. The largest absolute Gasteiger partial charge is 0.365 e. The Labute approximate surface area is 217 Å². The number of nitrogens with zero attached hydrogens (tertiary/aromatic N) is 2. The van der Waals surface area contributed by atoms with Gasteiger partial charge in [0.2, 0.25) is 0 Å². The molecule has 2 heterocycles. The fourth-order valence-electron chi connectivity index (χ4n) is 5.50. The minimum absolute atomic E-state index is 0.0124. The predicted molar refractivity (Wildman–Crippen MR) is 149 cm³/mol. The molecule has 2 amide bonds. The van der Waals surface area contributed by atoms with Crippen molar-refractivity contribution in [2.45, 2.75) is 25.8 Å². The van der Waals surface area contributed by atoms with E-state index >= 15 is 0 Å². The smallest absolute Gasteiger partial charge is 0.258 e. The highest BCUT2D eigenvalue weighted by atomic mass is 16.2. The van der Waals surface area contributed by atoms with Gasteiger partial charge in [-0.3, -0.25) is 9.59 Å². The Morgan fingerprint density at radius 2 is 1.51 bits per heavy atom. The summed E-state index contributed by atoms with van der Waals surface area (Å²) < 4.78 is 0. The molecule has 0 radical (unpaired) electrons. The Bertz CT molecular complexity index is 1460. The van der Waals surface area contributed by atoms with Crippen LogP contribution in [0.15, 0.2) is 97.1 Å². The van der Waals surface area contributed by atoms with Crippen LogP contribution in [-0.2, 0) is 0 Å². The molecular formula is C32H29N3O2. The molecule has 2 aliphatic heterocycles. The van der Waals surface area contributed by atoms with E-state index in [2.05, 4.69) is 16.3 Å². The fourth-order valence-corrected chi connectivity index (χ4v) is 5.50.